The maximum absolute atomic E-state index is 12.9. The van der Waals surface area contributed by atoms with E-state index in [1.807, 2.05) is 23.6 Å². The molecule has 154 valence electrons. The molecule has 0 aliphatic carbocycles. The van der Waals surface area contributed by atoms with Gasteiger partial charge in [0.2, 0.25) is 0 Å². The maximum Gasteiger partial charge on any atom is 0.289 e. The summed E-state index contributed by atoms with van der Waals surface area (Å²) in [7, 11) is 1.64. The number of methoxy groups -OCH3 is 1. The van der Waals surface area contributed by atoms with Crippen LogP contribution < -0.4 is 9.54 Å². The predicted molar refractivity (Wildman–Crippen MR) is 120 cm³/mol. The molecule has 30 heavy (non-hydrogen) atoms. The number of aromatic nitrogens is 1. The standard InChI is InChI=1S/C21H19N3O4S2/c1-4-9-23-18-15(28-3)7-5-12(2)19(18)30-21(23)22-20(25)17-11-13-10-14(24(26)27)6-8-16(13)29-17/h5-8,10-11H,4,9H2,1-3H3. The van der Waals surface area contributed by atoms with Crippen molar-refractivity contribution in [3.63, 3.8) is 0 Å². The van der Waals surface area contributed by atoms with E-state index in [0.29, 0.717) is 21.6 Å². The van der Waals surface area contributed by atoms with Crippen molar-refractivity contribution in [1.29, 1.82) is 0 Å². The molecular formula is C21H19N3O4S2. The Labute approximate surface area is 180 Å². The molecule has 7 nitrogen and oxygen atoms in total. The zero-order valence-electron chi connectivity index (χ0n) is 16.7. The molecular weight excluding hydrogens is 422 g/mol. The zero-order chi connectivity index (χ0) is 21.4. The van der Waals surface area contributed by atoms with Crippen LogP contribution in [0.4, 0.5) is 5.69 Å². The Balaban J connectivity index is 1.85. The van der Waals surface area contributed by atoms with E-state index >= 15 is 0 Å². The van der Waals surface area contributed by atoms with Crippen LogP contribution >= 0.6 is 22.7 Å². The van der Waals surface area contributed by atoms with Gasteiger partial charge in [-0.1, -0.05) is 24.3 Å². The van der Waals surface area contributed by atoms with Crippen molar-refractivity contribution in [3.8, 4) is 5.75 Å². The average molecular weight is 442 g/mol. The normalized spacial score (nSPS) is 12.0. The Hall–Kier alpha value is -3.04. The van der Waals surface area contributed by atoms with Crippen LogP contribution in [-0.4, -0.2) is 22.5 Å². The van der Waals surface area contributed by atoms with Crippen LogP contribution in [0.3, 0.4) is 0 Å². The van der Waals surface area contributed by atoms with Crippen LogP contribution in [0, 0.1) is 17.0 Å². The first-order valence-corrected chi connectivity index (χ1v) is 11.0. The Morgan fingerprint density at radius 3 is 2.73 bits per heavy atom. The lowest BCUT2D eigenvalue weighted by Crippen LogP contribution is -2.17. The van der Waals surface area contributed by atoms with Gasteiger partial charge < -0.3 is 9.30 Å². The van der Waals surface area contributed by atoms with Crippen molar-refractivity contribution in [2.75, 3.05) is 7.11 Å². The van der Waals surface area contributed by atoms with Gasteiger partial charge in [-0.3, -0.25) is 14.9 Å². The SMILES string of the molecule is CCCn1c(=NC(=O)c2cc3cc([N+](=O)[O-])ccc3s2)sc2c(C)ccc(OC)c21. The van der Waals surface area contributed by atoms with Gasteiger partial charge >= 0.3 is 0 Å². The summed E-state index contributed by atoms with van der Waals surface area (Å²) in [5.41, 5.74) is 2.05. The molecule has 0 saturated heterocycles. The lowest BCUT2D eigenvalue weighted by Gasteiger charge is -2.08. The molecule has 0 fully saturated rings. The number of benzene rings is 2. The number of non-ortho nitro benzene ring substituents is 1. The molecule has 2 aromatic carbocycles. The van der Waals surface area contributed by atoms with Gasteiger partial charge in [-0.15, -0.1) is 11.3 Å². The van der Waals surface area contributed by atoms with Gasteiger partial charge in [0.15, 0.2) is 4.80 Å². The highest BCUT2D eigenvalue weighted by Crippen LogP contribution is 2.31. The first kappa shape index (κ1) is 20.2. The molecule has 4 aromatic rings. The van der Waals surface area contributed by atoms with E-state index in [0.717, 1.165) is 32.7 Å². The van der Waals surface area contributed by atoms with Crippen molar-refractivity contribution in [2.24, 2.45) is 4.99 Å². The number of carbonyl (C=O) groups is 1. The van der Waals surface area contributed by atoms with E-state index in [9.17, 15) is 14.9 Å². The van der Waals surface area contributed by atoms with E-state index < -0.39 is 4.92 Å². The number of fused-ring (bicyclic) bond motifs is 2. The van der Waals surface area contributed by atoms with Crippen molar-refractivity contribution >= 4 is 54.6 Å². The summed E-state index contributed by atoms with van der Waals surface area (Å²) in [6.07, 6.45) is 0.886. The van der Waals surface area contributed by atoms with E-state index in [4.69, 9.17) is 4.74 Å². The fourth-order valence-corrected chi connectivity index (χ4v) is 5.42. The second-order valence-electron chi connectivity index (χ2n) is 6.81. The smallest absolute Gasteiger partial charge is 0.289 e. The summed E-state index contributed by atoms with van der Waals surface area (Å²) in [5, 5.41) is 11.7. The summed E-state index contributed by atoms with van der Waals surface area (Å²) >= 11 is 2.75. The van der Waals surface area contributed by atoms with Crippen molar-refractivity contribution in [1.82, 2.24) is 4.57 Å². The number of thiazole rings is 1. The molecule has 0 bridgehead atoms. The van der Waals surface area contributed by atoms with E-state index in [-0.39, 0.29) is 11.6 Å². The van der Waals surface area contributed by atoms with Crippen LogP contribution in [0.2, 0.25) is 0 Å². The second-order valence-corrected chi connectivity index (χ2v) is 8.87. The lowest BCUT2D eigenvalue weighted by atomic mass is 10.2. The number of thiophene rings is 1. The minimum Gasteiger partial charge on any atom is -0.495 e. The highest BCUT2D eigenvalue weighted by molar-refractivity contribution is 7.21. The lowest BCUT2D eigenvalue weighted by molar-refractivity contribution is -0.384. The van der Waals surface area contributed by atoms with Crippen molar-refractivity contribution in [3.05, 3.63) is 61.8 Å². The van der Waals surface area contributed by atoms with Gasteiger partial charge in [0.25, 0.3) is 11.6 Å². The van der Waals surface area contributed by atoms with Crippen LogP contribution in [0.1, 0.15) is 28.6 Å². The average Bonchev–Trinajstić information content (AvgIpc) is 3.31. The maximum atomic E-state index is 12.9. The highest BCUT2D eigenvalue weighted by atomic mass is 32.1. The quantitative estimate of drug-likeness (QED) is 0.311. The molecule has 1 amide bonds. The molecule has 0 saturated carbocycles. The fourth-order valence-electron chi connectivity index (χ4n) is 3.35. The predicted octanol–water partition coefficient (Wildman–Crippen LogP) is 5.29. The van der Waals surface area contributed by atoms with Gasteiger partial charge in [-0.2, -0.15) is 4.99 Å². The molecule has 0 aliphatic rings. The second kappa shape index (κ2) is 8.00. The number of carbonyl (C=O) groups excluding carboxylic acids is 1. The van der Waals surface area contributed by atoms with E-state index in [2.05, 4.69) is 11.9 Å². The van der Waals surface area contributed by atoms with Gasteiger partial charge in [-0.05, 0) is 37.1 Å². The third kappa shape index (κ3) is 3.50. The van der Waals surface area contributed by atoms with Crippen molar-refractivity contribution in [2.45, 2.75) is 26.8 Å². The Kier molecular flexibility index (Phi) is 5.40. The summed E-state index contributed by atoms with van der Waals surface area (Å²) in [6.45, 7) is 4.81. The van der Waals surface area contributed by atoms with Crippen LogP contribution in [0.25, 0.3) is 20.3 Å². The minimum atomic E-state index is -0.441. The summed E-state index contributed by atoms with van der Waals surface area (Å²) in [6, 6.07) is 10.2. The molecule has 4 rings (SSSR count). The zero-order valence-corrected chi connectivity index (χ0v) is 18.3. The number of aryl methyl sites for hydroxylation is 2. The molecule has 0 spiro atoms. The number of nitrogens with zero attached hydrogens (tertiary/aromatic N) is 3. The van der Waals surface area contributed by atoms with Crippen LogP contribution in [0.5, 0.6) is 5.75 Å². The first-order chi connectivity index (χ1) is 14.4. The molecule has 2 aromatic heterocycles. The number of hydrogen-bond acceptors (Lipinski definition) is 6. The van der Waals surface area contributed by atoms with Gasteiger partial charge in [-0.25, -0.2) is 0 Å². The Bertz CT molecular complexity index is 1360. The minimum absolute atomic E-state index is 0.00380. The number of ether oxygens (including phenoxy) is 1. The largest absolute Gasteiger partial charge is 0.495 e. The van der Waals surface area contributed by atoms with E-state index in [1.54, 1.807) is 19.2 Å². The molecule has 0 N–H and O–H groups in total. The molecule has 0 radical (unpaired) electrons. The van der Waals surface area contributed by atoms with Crippen molar-refractivity contribution < 1.29 is 14.5 Å². The van der Waals surface area contributed by atoms with Crippen LogP contribution in [-0.2, 0) is 6.54 Å². The van der Waals surface area contributed by atoms with E-state index in [1.165, 1.54) is 34.8 Å². The molecule has 0 atom stereocenters. The molecule has 0 unspecified atom stereocenters. The summed E-state index contributed by atoms with van der Waals surface area (Å²) in [5.74, 6) is 0.398. The number of hydrogen-bond donors (Lipinski definition) is 0. The first-order valence-electron chi connectivity index (χ1n) is 9.37. The van der Waals surface area contributed by atoms with Gasteiger partial charge in [0.05, 0.1) is 21.6 Å². The number of amides is 1. The monoisotopic (exact) mass is 441 g/mol. The molecule has 0 aliphatic heterocycles. The fraction of sp³-hybridized carbons (Fsp3) is 0.238. The number of nitro groups is 1. The summed E-state index contributed by atoms with van der Waals surface area (Å²) in [4.78, 5) is 29.0. The Morgan fingerprint density at radius 1 is 1.23 bits per heavy atom. The third-order valence-electron chi connectivity index (χ3n) is 4.77. The Morgan fingerprint density at radius 2 is 2.03 bits per heavy atom. The van der Waals surface area contributed by atoms with Gasteiger partial charge in [0, 0.05) is 28.8 Å². The third-order valence-corrected chi connectivity index (χ3v) is 7.09. The topological polar surface area (TPSA) is 86.7 Å². The van der Waals surface area contributed by atoms with Gasteiger partial charge in [0.1, 0.15) is 11.3 Å². The number of nitro benzene ring substituents is 1. The highest BCUT2D eigenvalue weighted by Gasteiger charge is 2.16. The number of rotatable bonds is 5. The van der Waals surface area contributed by atoms with Crippen LogP contribution in [0.15, 0.2) is 41.4 Å². The summed E-state index contributed by atoms with van der Waals surface area (Å²) < 4.78 is 9.44. The molecule has 2 heterocycles. The molecule has 9 heteroatoms.